The van der Waals surface area contributed by atoms with Crippen LogP contribution in [0.3, 0.4) is 0 Å². The molecule has 0 bridgehead atoms. The van der Waals surface area contributed by atoms with Gasteiger partial charge in [0.15, 0.2) is 0 Å². The topological polar surface area (TPSA) is 30.3 Å². The summed E-state index contributed by atoms with van der Waals surface area (Å²) < 4.78 is 1.04. The van der Waals surface area contributed by atoms with E-state index in [1.54, 1.807) is 0 Å². The van der Waals surface area contributed by atoms with Crippen molar-refractivity contribution in [1.29, 1.82) is 5.26 Å². The van der Waals surface area contributed by atoms with Crippen LogP contribution in [0, 0.1) is 11.3 Å². The number of hydrogen-bond donors (Lipinski definition) is 0. The van der Waals surface area contributed by atoms with Gasteiger partial charge in [-0.1, -0.05) is 15.9 Å². The SMILES string of the molecule is N#Cc1ccc(Br)cc1N1CCN(C2CC2)CC1. The zero-order chi connectivity index (χ0) is 12.5. The quantitative estimate of drug-likeness (QED) is 0.841. The molecular formula is C14H16BrN3. The number of nitrogens with zero attached hydrogens (tertiary/aromatic N) is 3. The predicted molar refractivity (Wildman–Crippen MR) is 75.7 cm³/mol. The fourth-order valence-electron chi connectivity index (χ4n) is 2.63. The van der Waals surface area contributed by atoms with Gasteiger partial charge in [0.05, 0.1) is 11.3 Å². The highest BCUT2D eigenvalue weighted by molar-refractivity contribution is 9.10. The molecule has 1 aromatic carbocycles. The lowest BCUT2D eigenvalue weighted by molar-refractivity contribution is 0.248. The summed E-state index contributed by atoms with van der Waals surface area (Å²) in [6.45, 7) is 4.31. The van der Waals surface area contributed by atoms with Crippen molar-refractivity contribution in [3.05, 3.63) is 28.2 Å². The Morgan fingerprint density at radius 1 is 1.17 bits per heavy atom. The first kappa shape index (κ1) is 12.0. The summed E-state index contributed by atoms with van der Waals surface area (Å²) in [5, 5.41) is 9.19. The number of halogens is 1. The minimum atomic E-state index is 0.776. The maximum atomic E-state index is 9.19. The van der Waals surface area contributed by atoms with Gasteiger partial charge in [0.1, 0.15) is 6.07 Å². The maximum Gasteiger partial charge on any atom is 0.101 e. The highest BCUT2D eigenvalue weighted by Crippen LogP contribution is 2.30. The molecule has 0 N–H and O–H groups in total. The molecule has 1 saturated heterocycles. The van der Waals surface area contributed by atoms with Crippen LogP contribution in [-0.4, -0.2) is 37.1 Å². The average Bonchev–Trinajstić information content (AvgIpc) is 3.23. The largest absolute Gasteiger partial charge is 0.368 e. The van der Waals surface area contributed by atoms with Crippen molar-refractivity contribution in [2.45, 2.75) is 18.9 Å². The molecule has 18 heavy (non-hydrogen) atoms. The zero-order valence-electron chi connectivity index (χ0n) is 10.3. The Bertz CT molecular complexity index is 482. The molecule has 4 heteroatoms. The molecule has 0 radical (unpaired) electrons. The molecule has 1 aromatic rings. The minimum absolute atomic E-state index is 0.776. The minimum Gasteiger partial charge on any atom is -0.368 e. The summed E-state index contributed by atoms with van der Waals surface area (Å²) in [4.78, 5) is 4.92. The molecule has 0 amide bonds. The third-order valence-electron chi connectivity index (χ3n) is 3.80. The molecular weight excluding hydrogens is 290 g/mol. The number of benzene rings is 1. The first-order valence-corrected chi connectivity index (χ1v) is 7.26. The van der Waals surface area contributed by atoms with E-state index in [-0.39, 0.29) is 0 Å². The molecule has 2 fully saturated rings. The van der Waals surface area contributed by atoms with Crippen molar-refractivity contribution < 1.29 is 0 Å². The van der Waals surface area contributed by atoms with E-state index in [1.807, 2.05) is 12.1 Å². The third-order valence-corrected chi connectivity index (χ3v) is 4.29. The molecule has 1 aliphatic carbocycles. The second-order valence-corrected chi connectivity index (χ2v) is 5.94. The van der Waals surface area contributed by atoms with Crippen molar-refractivity contribution in [3.8, 4) is 6.07 Å². The van der Waals surface area contributed by atoms with E-state index >= 15 is 0 Å². The van der Waals surface area contributed by atoms with Gasteiger partial charge in [0.2, 0.25) is 0 Å². The van der Waals surface area contributed by atoms with Gasteiger partial charge in [-0.25, -0.2) is 0 Å². The lowest BCUT2D eigenvalue weighted by Crippen LogP contribution is -2.47. The fraction of sp³-hybridized carbons (Fsp3) is 0.500. The summed E-state index contributed by atoms with van der Waals surface area (Å²) in [6.07, 6.45) is 2.75. The summed E-state index contributed by atoms with van der Waals surface area (Å²) in [5.41, 5.74) is 1.85. The highest BCUT2D eigenvalue weighted by atomic mass is 79.9. The predicted octanol–water partition coefficient (Wildman–Crippen LogP) is 2.61. The van der Waals surface area contributed by atoms with E-state index in [4.69, 9.17) is 0 Å². The Hall–Kier alpha value is -1.05. The number of rotatable bonds is 2. The smallest absolute Gasteiger partial charge is 0.101 e. The Kier molecular flexibility index (Phi) is 3.27. The summed E-state index contributed by atoms with van der Waals surface area (Å²) >= 11 is 3.49. The molecule has 0 aromatic heterocycles. The van der Waals surface area contributed by atoms with Gasteiger partial charge in [-0.05, 0) is 31.0 Å². The Labute approximate surface area is 116 Å². The second-order valence-electron chi connectivity index (χ2n) is 5.03. The van der Waals surface area contributed by atoms with E-state index in [0.717, 1.165) is 47.9 Å². The van der Waals surface area contributed by atoms with E-state index in [1.165, 1.54) is 12.8 Å². The van der Waals surface area contributed by atoms with Crippen molar-refractivity contribution in [1.82, 2.24) is 4.90 Å². The molecule has 0 spiro atoms. The van der Waals surface area contributed by atoms with Crippen LogP contribution < -0.4 is 4.90 Å². The van der Waals surface area contributed by atoms with Crippen molar-refractivity contribution >= 4 is 21.6 Å². The zero-order valence-corrected chi connectivity index (χ0v) is 11.9. The van der Waals surface area contributed by atoms with E-state index in [9.17, 15) is 5.26 Å². The summed E-state index contributed by atoms with van der Waals surface area (Å²) in [5.74, 6) is 0. The standard InChI is InChI=1S/C14H16BrN3/c15-12-2-1-11(10-16)14(9-12)18-7-5-17(6-8-18)13-3-4-13/h1-2,9,13H,3-8H2. The normalized spacial score (nSPS) is 20.8. The molecule has 0 atom stereocenters. The van der Waals surface area contributed by atoms with Crippen LogP contribution in [0.15, 0.2) is 22.7 Å². The van der Waals surface area contributed by atoms with Crippen LogP contribution >= 0.6 is 15.9 Å². The van der Waals surface area contributed by atoms with Gasteiger partial charge in [0.25, 0.3) is 0 Å². The van der Waals surface area contributed by atoms with Crippen molar-refractivity contribution in [2.75, 3.05) is 31.1 Å². The Balaban J connectivity index is 1.75. The first-order chi connectivity index (χ1) is 8.78. The van der Waals surface area contributed by atoms with Gasteiger partial charge in [0, 0.05) is 36.7 Å². The van der Waals surface area contributed by atoms with E-state index in [2.05, 4.69) is 37.9 Å². The van der Waals surface area contributed by atoms with Crippen molar-refractivity contribution in [2.24, 2.45) is 0 Å². The van der Waals surface area contributed by atoms with Gasteiger partial charge in [-0.15, -0.1) is 0 Å². The Morgan fingerprint density at radius 3 is 2.50 bits per heavy atom. The molecule has 94 valence electrons. The number of hydrogen-bond acceptors (Lipinski definition) is 3. The number of anilines is 1. The third kappa shape index (κ3) is 2.38. The van der Waals surface area contributed by atoms with Gasteiger partial charge in [-0.3, -0.25) is 4.90 Å². The van der Waals surface area contributed by atoms with Crippen LogP contribution in [0.25, 0.3) is 0 Å². The number of nitriles is 1. The van der Waals surface area contributed by atoms with E-state index < -0.39 is 0 Å². The average molecular weight is 306 g/mol. The van der Waals surface area contributed by atoms with Crippen LogP contribution in [0.5, 0.6) is 0 Å². The molecule has 3 rings (SSSR count). The van der Waals surface area contributed by atoms with Crippen molar-refractivity contribution in [3.63, 3.8) is 0 Å². The van der Waals surface area contributed by atoms with Gasteiger partial charge < -0.3 is 4.90 Å². The molecule has 1 saturated carbocycles. The molecule has 2 aliphatic rings. The van der Waals surface area contributed by atoms with Crippen LogP contribution in [0.4, 0.5) is 5.69 Å². The van der Waals surface area contributed by atoms with Crippen LogP contribution in [-0.2, 0) is 0 Å². The summed E-state index contributed by atoms with van der Waals surface area (Å²) in [6, 6.07) is 9.03. The maximum absolute atomic E-state index is 9.19. The van der Waals surface area contributed by atoms with Gasteiger partial charge in [-0.2, -0.15) is 5.26 Å². The fourth-order valence-corrected chi connectivity index (χ4v) is 2.98. The monoisotopic (exact) mass is 305 g/mol. The lowest BCUT2D eigenvalue weighted by atomic mass is 10.1. The molecule has 1 aliphatic heterocycles. The van der Waals surface area contributed by atoms with Gasteiger partial charge >= 0.3 is 0 Å². The Morgan fingerprint density at radius 2 is 1.89 bits per heavy atom. The molecule has 3 nitrogen and oxygen atoms in total. The molecule has 1 heterocycles. The van der Waals surface area contributed by atoms with Crippen LogP contribution in [0.2, 0.25) is 0 Å². The number of piperazine rings is 1. The molecule has 0 unspecified atom stereocenters. The highest BCUT2D eigenvalue weighted by Gasteiger charge is 2.31. The van der Waals surface area contributed by atoms with Crippen LogP contribution in [0.1, 0.15) is 18.4 Å². The second kappa shape index (κ2) is 4.91. The summed E-state index contributed by atoms with van der Waals surface area (Å²) in [7, 11) is 0. The lowest BCUT2D eigenvalue weighted by Gasteiger charge is -2.36. The first-order valence-electron chi connectivity index (χ1n) is 6.46. The van der Waals surface area contributed by atoms with E-state index in [0.29, 0.717) is 0 Å².